The average molecular weight is 190 g/mol. The van der Waals surface area contributed by atoms with Crippen LogP contribution in [-0.4, -0.2) is 25.0 Å². The van der Waals surface area contributed by atoms with Crippen molar-refractivity contribution in [3.8, 4) is 11.4 Å². The van der Waals surface area contributed by atoms with Crippen molar-refractivity contribution in [2.45, 2.75) is 13.5 Å². The van der Waals surface area contributed by atoms with E-state index in [0.717, 1.165) is 6.54 Å². The summed E-state index contributed by atoms with van der Waals surface area (Å²) in [5.41, 5.74) is 6.86. The molecule has 0 aliphatic rings. The lowest BCUT2D eigenvalue weighted by molar-refractivity contribution is 0.627. The molecule has 0 spiro atoms. The highest BCUT2D eigenvalue weighted by atomic mass is 15.4. The second-order valence-corrected chi connectivity index (χ2v) is 2.76. The number of anilines is 1. The first-order valence-electron chi connectivity index (χ1n) is 4.28. The quantitative estimate of drug-likeness (QED) is 0.738. The van der Waals surface area contributed by atoms with E-state index in [9.17, 15) is 0 Å². The van der Waals surface area contributed by atoms with Gasteiger partial charge in [-0.3, -0.25) is 4.68 Å². The van der Waals surface area contributed by atoms with Crippen LogP contribution in [-0.2, 0) is 6.54 Å². The van der Waals surface area contributed by atoms with Crippen molar-refractivity contribution < 1.29 is 0 Å². The third-order valence-corrected chi connectivity index (χ3v) is 1.80. The predicted octanol–water partition coefficient (Wildman–Crippen LogP) is 0.337. The molecule has 6 heteroatoms. The van der Waals surface area contributed by atoms with Crippen LogP contribution in [0.15, 0.2) is 18.5 Å². The number of aryl methyl sites for hydroxylation is 1. The molecule has 0 aromatic carbocycles. The topological polar surface area (TPSA) is 82.5 Å². The fraction of sp³-hybridized carbons (Fsp3) is 0.250. The minimum atomic E-state index is 0.244. The summed E-state index contributed by atoms with van der Waals surface area (Å²) < 4.78 is 1.73. The van der Waals surface area contributed by atoms with Gasteiger partial charge in [0.1, 0.15) is 5.69 Å². The predicted molar refractivity (Wildman–Crippen MR) is 51.1 cm³/mol. The van der Waals surface area contributed by atoms with E-state index < -0.39 is 0 Å². The second-order valence-electron chi connectivity index (χ2n) is 2.76. The van der Waals surface area contributed by atoms with Gasteiger partial charge in [-0.15, -0.1) is 5.10 Å². The molecule has 6 nitrogen and oxygen atoms in total. The van der Waals surface area contributed by atoms with Gasteiger partial charge in [0.25, 0.3) is 0 Å². The Bertz CT molecular complexity index is 435. The molecule has 2 N–H and O–H groups in total. The SMILES string of the molecule is CCn1cc(-c2ccnc(N)n2)nn1. The summed E-state index contributed by atoms with van der Waals surface area (Å²) >= 11 is 0. The summed E-state index contributed by atoms with van der Waals surface area (Å²) in [4.78, 5) is 7.85. The highest BCUT2D eigenvalue weighted by molar-refractivity contribution is 5.52. The molecule has 0 aliphatic heterocycles. The molecule has 2 heterocycles. The van der Waals surface area contributed by atoms with Crippen LogP contribution in [0.1, 0.15) is 6.92 Å². The summed E-state index contributed by atoms with van der Waals surface area (Å²) in [5.74, 6) is 0.244. The number of hydrogen-bond acceptors (Lipinski definition) is 5. The fourth-order valence-corrected chi connectivity index (χ4v) is 1.09. The molecule has 2 rings (SSSR count). The molecule has 14 heavy (non-hydrogen) atoms. The van der Waals surface area contributed by atoms with Crippen molar-refractivity contribution in [1.82, 2.24) is 25.0 Å². The number of nitrogens with zero attached hydrogens (tertiary/aromatic N) is 5. The minimum Gasteiger partial charge on any atom is -0.368 e. The highest BCUT2D eigenvalue weighted by Gasteiger charge is 2.04. The van der Waals surface area contributed by atoms with Crippen LogP contribution in [0.2, 0.25) is 0 Å². The summed E-state index contributed by atoms with van der Waals surface area (Å²) in [6.45, 7) is 2.78. The zero-order valence-corrected chi connectivity index (χ0v) is 7.75. The van der Waals surface area contributed by atoms with Gasteiger partial charge in [-0.1, -0.05) is 5.21 Å². The van der Waals surface area contributed by atoms with Crippen molar-refractivity contribution >= 4 is 5.95 Å². The smallest absolute Gasteiger partial charge is 0.220 e. The van der Waals surface area contributed by atoms with Crippen molar-refractivity contribution in [2.24, 2.45) is 0 Å². The summed E-state index contributed by atoms with van der Waals surface area (Å²) in [7, 11) is 0. The first-order valence-corrected chi connectivity index (χ1v) is 4.28. The molecule has 0 atom stereocenters. The highest BCUT2D eigenvalue weighted by Crippen LogP contribution is 2.12. The van der Waals surface area contributed by atoms with Crippen molar-refractivity contribution in [3.05, 3.63) is 18.5 Å². The van der Waals surface area contributed by atoms with Gasteiger partial charge >= 0.3 is 0 Å². The minimum absolute atomic E-state index is 0.244. The molecule has 0 saturated heterocycles. The molecule has 72 valence electrons. The first-order chi connectivity index (χ1) is 6.79. The number of nitrogen functional groups attached to an aromatic ring is 1. The second kappa shape index (κ2) is 3.41. The summed E-state index contributed by atoms with van der Waals surface area (Å²) in [5, 5.41) is 7.87. The molecule has 0 radical (unpaired) electrons. The Morgan fingerprint density at radius 2 is 2.29 bits per heavy atom. The Balaban J connectivity index is 2.39. The lowest BCUT2D eigenvalue weighted by Gasteiger charge is -1.94. The Morgan fingerprint density at radius 1 is 1.43 bits per heavy atom. The number of hydrogen-bond donors (Lipinski definition) is 1. The van der Waals surface area contributed by atoms with Crippen LogP contribution in [0.5, 0.6) is 0 Å². The normalized spacial score (nSPS) is 10.4. The third-order valence-electron chi connectivity index (χ3n) is 1.80. The van der Waals surface area contributed by atoms with E-state index in [0.29, 0.717) is 11.4 Å². The zero-order chi connectivity index (χ0) is 9.97. The van der Waals surface area contributed by atoms with E-state index in [4.69, 9.17) is 5.73 Å². The standard InChI is InChI=1S/C8H10N6/c1-2-14-5-7(12-13-14)6-3-4-10-8(9)11-6/h3-5H,2H2,1H3,(H2,9,10,11). The van der Waals surface area contributed by atoms with E-state index in [2.05, 4.69) is 20.3 Å². The Hall–Kier alpha value is -1.98. The zero-order valence-electron chi connectivity index (χ0n) is 7.75. The largest absolute Gasteiger partial charge is 0.368 e. The number of aromatic nitrogens is 5. The lowest BCUT2D eigenvalue weighted by Crippen LogP contribution is -1.95. The lowest BCUT2D eigenvalue weighted by atomic mass is 10.3. The van der Waals surface area contributed by atoms with Crippen LogP contribution < -0.4 is 5.73 Å². The van der Waals surface area contributed by atoms with Crippen molar-refractivity contribution in [1.29, 1.82) is 0 Å². The Kier molecular flexibility index (Phi) is 2.10. The molecule has 0 bridgehead atoms. The maximum absolute atomic E-state index is 5.46. The van der Waals surface area contributed by atoms with Gasteiger partial charge in [-0.2, -0.15) is 0 Å². The third kappa shape index (κ3) is 1.54. The van der Waals surface area contributed by atoms with E-state index in [1.165, 1.54) is 0 Å². The van der Waals surface area contributed by atoms with E-state index >= 15 is 0 Å². The van der Waals surface area contributed by atoms with Crippen LogP contribution in [0, 0.1) is 0 Å². The summed E-state index contributed by atoms with van der Waals surface area (Å²) in [6.07, 6.45) is 3.42. The molecule has 0 unspecified atom stereocenters. The van der Waals surface area contributed by atoms with Crippen LogP contribution in [0.3, 0.4) is 0 Å². The molecule has 0 amide bonds. The molecule has 2 aromatic rings. The van der Waals surface area contributed by atoms with Crippen molar-refractivity contribution in [3.63, 3.8) is 0 Å². The van der Waals surface area contributed by atoms with Gasteiger partial charge in [0.15, 0.2) is 0 Å². The molecule has 0 saturated carbocycles. The maximum Gasteiger partial charge on any atom is 0.220 e. The molecule has 2 aromatic heterocycles. The molecular formula is C8H10N6. The molecular weight excluding hydrogens is 180 g/mol. The maximum atomic E-state index is 5.46. The average Bonchev–Trinajstić information content (AvgIpc) is 2.66. The van der Waals surface area contributed by atoms with Gasteiger partial charge in [0.05, 0.1) is 11.9 Å². The van der Waals surface area contributed by atoms with Crippen LogP contribution >= 0.6 is 0 Å². The van der Waals surface area contributed by atoms with Gasteiger partial charge < -0.3 is 5.73 Å². The number of nitrogens with two attached hydrogens (primary N) is 1. The fourth-order valence-electron chi connectivity index (χ4n) is 1.09. The van der Waals surface area contributed by atoms with Gasteiger partial charge in [0.2, 0.25) is 5.95 Å². The van der Waals surface area contributed by atoms with Gasteiger partial charge in [0, 0.05) is 12.7 Å². The first kappa shape index (κ1) is 8.61. The summed E-state index contributed by atoms with van der Waals surface area (Å²) in [6, 6.07) is 1.75. The molecule has 0 fully saturated rings. The van der Waals surface area contributed by atoms with Gasteiger partial charge in [-0.05, 0) is 13.0 Å². The number of rotatable bonds is 2. The Labute approximate surface area is 80.8 Å². The van der Waals surface area contributed by atoms with E-state index in [-0.39, 0.29) is 5.95 Å². The van der Waals surface area contributed by atoms with Crippen LogP contribution in [0.25, 0.3) is 11.4 Å². The monoisotopic (exact) mass is 190 g/mol. The van der Waals surface area contributed by atoms with Gasteiger partial charge in [-0.25, -0.2) is 9.97 Å². The van der Waals surface area contributed by atoms with Crippen LogP contribution in [0.4, 0.5) is 5.95 Å². The van der Waals surface area contributed by atoms with E-state index in [1.54, 1.807) is 16.9 Å². The van der Waals surface area contributed by atoms with E-state index in [1.807, 2.05) is 13.1 Å². The Morgan fingerprint density at radius 3 is 2.93 bits per heavy atom. The molecule has 0 aliphatic carbocycles. The van der Waals surface area contributed by atoms with Crippen molar-refractivity contribution in [2.75, 3.05) is 5.73 Å².